The van der Waals surface area contributed by atoms with Crippen molar-refractivity contribution in [2.75, 3.05) is 18.0 Å². The van der Waals surface area contributed by atoms with E-state index in [1.807, 2.05) is 6.20 Å². The molecule has 1 saturated heterocycles. The van der Waals surface area contributed by atoms with E-state index in [2.05, 4.69) is 19.9 Å². The zero-order valence-electron chi connectivity index (χ0n) is 13.4. The third-order valence-electron chi connectivity index (χ3n) is 4.79. The smallest absolute Gasteiger partial charge is 0.356 e. The van der Waals surface area contributed by atoms with Gasteiger partial charge >= 0.3 is 5.97 Å². The van der Waals surface area contributed by atoms with Gasteiger partial charge in [0.05, 0.1) is 12.4 Å². The van der Waals surface area contributed by atoms with Crippen molar-refractivity contribution in [3.8, 4) is 0 Å². The van der Waals surface area contributed by atoms with Crippen LogP contribution in [0.2, 0.25) is 0 Å². The van der Waals surface area contributed by atoms with Crippen LogP contribution >= 0.6 is 0 Å². The zero-order chi connectivity index (χ0) is 17.4. The van der Waals surface area contributed by atoms with Gasteiger partial charge in [0.15, 0.2) is 5.69 Å². The van der Waals surface area contributed by atoms with E-state index in [0.717, 1.165) is 42.4 Å². The van der Waals surface area contributed by atoms with Gasteiger partial charge in [-0.25, -0.2) is 19.2 Å². The first-order chi connectivity index (χ1) is 12.1. The molecule has 1 aliphatic rings. The second kappa shape index (κ2) is 6.16. The lowest BCUT2D eigenvalue weighted by molar-refractivity contribution is 0.0690. The minimum atomic E-state index is -1.08. The fourth-order valence-corrected chi connectivity index (χ4v) is 3.47. The van der Waals surface area contributed by atoms with E-state index in [1.54, 1.807) is 12.1 Å². The van der Waals surface area contributed by atoms with Crippen molar-refractivity contribution in [3.05, 3.63) is 53.9 Å². The lowest BCUT2D eigenvalue weighted by Gasteiger charge is -2.32. The summed E-state index contributed by atoms with van der Waals surface area (Å²) in [5.41, 5.74) is 2.05. The normalized spacial score (nSPS) is 15.6. The van der Waals surface area contributed by atoms with Crippen molar-refractivity contribution in [2.24, 2.45) is 0 Å². The number of hydrogen-bond donors (Lipinski definition) is 2. The van der Waals surface area contributed by atoms with Crippen molar-refractivity contribution in [3.63, 3.8) is 0 Å². The Kier molecular flexibility index (Phi) is 3.83. The van der Waals surface area contributed by atoms with Crippen molar-refractivity contribution < 1.29 is 14.3 Å². The molecule has 2 aromatic heterocycles. The predicted molar refractivity (Wildman–Crippen MR) is 91.4 cm³/mol. The topological polar surface area (TPSA) is 82.1 Å². The van der Waals surface area contributed by atoms with Crippen LogP contribution in [0.25, 0.3) is 10.9 Å². The Morgan fingerprint density at radius 3 is 2.72 bits per heavy atom. The molecule has 4 rings (SSSR count). The summed E-state index contributed by atoms with van der Waals surface area (Å²) in [5, 5.41) is 9.83. The van der Waals surface area contributed by atoms with Crippen LogP contribution in [-0.2, 0) is 0 Å². The Bertz CT molecular complexity index is 914. The number of H-pyrrole nitrogens is 1. The van der Waals surface area contributed by atoms with Crippen molar-refractivity contribution in [1.82, 2.24) is 15.0 Å². The Labute approximate surface area is 143 Å². The first-order valence-corrected chi connectivity index (χ1v) is 8.18. The van der Waals surface area contributed by atoms with Crippen molar-refractivity contribution >= 4 is 22.7 Å². The molecule has 0 saturated carbocycles. The molecule has 25 heavy (non-hydrogen) atoms. The number of nitrogens with one attached hydrogen (secondary N) is 1. The Balaban J connectivity index is 1.49. The molecule has 0 spiro atoms. The first-order valence-electron chi connectivity index (χ1n) is 8.18. The number of piperidine rings is 1. The second-order valence-electron chi connectivity index (χ2n) is 6.26. The second-order valence-corrected chi connectivity index (χ2v) is 6.26. The number of carboxylic acid groups (broad SMARTS) is 1. The van der Waals surface area contributed by atoms with Gasteiger partial charge in [0, 0.05) is 30.2 Å². The van der Waals surface area contributed by atoms with Gasteiger partial charge in [-0.2, -0.15) is 0 Å². The summed E-state index contributed by atoms with van der Waals surface area (Å²) in [5.74, 6) is -0.254. The third kappa shape index (κ3) is 2.93. The quantitative estimate of drug-likeness (QED) is 0.765. The number of rotatable bonds is 3. The largest absolute Gasteiger partial charge is 0.476 e. The molecule has 6 nitrogen and oxygen atoms in total. The fourth-order valence-electron chi connectivity index (χ4n) is 3.47. The van der Waals surface area contributed by atoms with Crippen LogP contribution in [0, 0.1) is 5.82 Å². The number of nitrogens with zero attached hydrogens (tertiary/aromatic N) is 3. The van der Waals surface area contributed by atoms with E-state index in [4.69, 9.17) is 5.11 Å². The summed E-state index contributed by atoms with van der Waals surface area (Å²) in [6, 6.07) is 4.82. The van der Waals surface area contributed by atoms with E-state index in [0.29, 0.717) is 11.7 Å². The van der Waals surface area contributed by atoms with Gasteiger partial charge in [0.25, 0.3) is 0 Å². The highest BCUT2D eigenvalue weighted by atomic mass is 19.1. The molecule has 3 aromatic rings. The summed E-state index contributed by atoms with van der Waals surface area (Å²) in [6.07, 6.45) is 6.61. The molecule has 0 atom stereocenters. The monoisotopic (exact) mass is 340 g/mol. The molecule has 1 aliphatic heterocycles. The third-order valence-corrected chi connectivity index (χ3v) is 4.79. The maximum absolute atomic E-state index is 13.6. The summed E-state index contributed by atoms with van der Waals surface area (Å²) < 4.78 is 13.6. The highest BCUT2D eigenvalue weighted by molar-refractivity contribution is 5.85. The Hall–Kier alpha value is -2.96. The van der Waals surface area contributed by atoms with Crippen LogP contribution < -0.4 is 4.90 Å². The SMILES string of the molecule is O=C(O)c1cnc(N2CCC(c3c[nH]c4ccc(F)cc34)CC2)cn1. The summed E-state index contributed by atoms with van der Waals surface area (Å²) in [4.78, 5) is 24.3. The van der Waals surface area contributed by atoms with Crippen LogP contribution in [0.3, 0.4) is 0 Å². The molecule has 0 radical (unpaired) electrons. The number of aromatic nitrogens is 3. The number of fused-ring (bicyclic) bond motifs is 1. The van der Waals surface area contributed by atoms with Crippen molar-refractivity contribution in [1.29, 1.82) is 0 Å². The number of benzene rings is 1. The Morgan fingerprint density at radius 2 is 2.04 bits per heavy atom. The van der Waals surface area contributed by atoms with Crippen molar-refractivity contribution in [2.45, 2.75) is 18.8 Å². The van der Waals surface area contributed by atoms with Crippen LogP contribution in [-0.4, -0.2) is 39.1 Å². The maximum Gasteiger partial charge on any atom is 0.356 e. The van der Waals surface area contributed by atoms with Crippen LogP contribution in [0.4, 0.5) is 10.2 Å². The fraction of sp³-hybridized carbons (Fsp3) is 0.278. The highest BCUT2D eigenvalue weighted by Crippen LogP contribution is 2.34. The molecule has 128 valence electrons. The number of hydrogen-bond acceptors (Lipinski definition) is 4. The van der Waals surface area contributed by atoms with E-state index in [-0.39, 0.29) is 11.5 Å². The molecular weight excluding hydrogens is 323 g/mol. The zero-order valence-corrected chi connectivity index (χ0v) is 13.4. The molecule has 7 heteroatoms. The number of carbonyl (C=O) groups is 1. The number of aromatic amines is 1. The van der Waals surface area contributed by atoms with E-state index >= 15 is 0 Å². The number of carboxylic acids is 1. The summed E-state index contributed by atoms with van der Waals surface area (Å²) >= 11 is 0. The summed E-state index contributed by atoms with van der Waals surface area (Å²) in [7, 11) is 0. The average molecular weight is 340 g/mol. The van der Waals surface area contributed by atoms with E-state index < -0.39 is 5.97 Å². The van der Waals surface area contributed by atoms with Gasteiger partial charge in [0.1, 0.15) is 11.6 Å². The molecule has 0 unspecified atom stereocenters. The Morgan fingerprint density at radius 1 is 1.24 bits per heavy atom. The minimum absolute atomic E-state index is 0.0561. The molecule has 0 bridgehead atoms. The lowest BCUT2D eigenvalue weighted by Crippen LogP contribution is -2.33. The minimum Gasteiger partial charge on any atom is -0.476 e. The number of anilines is 1. The molecular formula is C18H17FN4O2. The summed E-state index contributed by atoms with van der Waals surface area (Å²) in [6.45, 7) is 1.60. The van der Waals surface area contributed by atoms with Gasteiger partial charge in [-0.15, -0.1) is 0 Å². The first kappa shape index (κ1) is 15.6. The number of halogens is 1. The molecule has 0 aliphatic carbocycles. The standard InChI is InChI=1S/C18H17FN4O2/c19-12-1-2-15-13(7-12)14(8-20-15)11-3-5-23(6-4-11)17-10-21-16(9-22-17)18(24)25/h1-2,7-11,20H,3-6H2,(H,24,25). The predicted octanol–water partition coefficient (Wildman–Crippen LogP) is 3.18. The van der Waals surface area contributed by atoms with E-state index in [1.165, 1.54) is 18.5 Å². The van der Waals surface area contributed by atoms with E-state index in [9.17, 15) is 9.18 Å². The van der Waals surface area contributed by atoms with Crippen LogP contribution in [0.1, 0.15) is 34.8 Å². The highest BCUT2D eigenvalue weighted by Gasteiger charge is 2.24. The van der Waals surface area contributed by atoms with Crippen LogP contribution in [0.5, 0.6) is 0 Å². The van der Waals surface area contributed by atoms with Gasteiger partial charge in [-0.05, 0) is 42.5 Å². The average Bonchev–Trinajstić information content (AvgIpc) is 3.05. The number of aromatic carboxylic acids is 1. The molecule has 1 aromatic carbocycles. The van der Waals surface area contributed by atoms with Crippen LogP contribution in [0.15, 0.2) is 36.8 Å². The molecule has 0 amide bonds. The van der Waals surface area contributed by atoms with Gasteiger partial charge in [0.2, 0.25) is 0 Å². The lowest BCUT2D eigenvalue weighted by atomic mass is 9.89. The molecule has 1 fully saturated rings. The van der Waals surface area contributed by atoms with Gasteiger partial charge in [-0.3, -0.25) is 0 Å². The van der Waals surface area contributed by atoms with Gasteiger partial charge in [-0.1, -0.05) is 0 Å². The van der Waals surface area contributed by atoms with Gasteiger partial charge < -0.3 is 15.0 Å². The molecule has 3 heterocycles. The molecule has 2 N–H and O–H groups in total. The maximum atomic E-state index is 13.6.